The monoisotopic (exact) mass is 428 g/mol. The molecule has 0 radical (unpaired) electrons. The number of carbonyl (C=O) groups is 1. The van der Waals surface area contributed by atoms with Gasteiger partial charge in [0.1, 0.15) is 10.6 Å². The second-order valence-corrected chi connectivity index (χ2v) is 7.65. The second kappa shape index (κ2) is 7.83. The van der Waals surface area contributed by atoms with Gasteiger partial charge in [-0.1, -0.05) is 25.6 Å². The Morgan fingerprint density at radius 3 is 2.44 bits per heavy atom. The van der Waals surface area contributed by atoms with E-state index in [0.717, 1.165) is 10.0 Å². The van der Waals surface area contributed by atoms with E-state index in [4.69, 9.17) is 4.18 Å². The van der Waals surface area contributed by atoms with Gasteiger partial charge in [0, 0.05) is 23.7 Å². The Bertz CT molecular complexity index is 849. The Kier molecular flexibility index (Phi) is 6.02. The lowest BCUT2D eigenvalue weighted by molar-refractivity contribution is -0.682. The van der Waals surface area contributed by atoms with Crippen LogP contribution < -0.4 is 19.2 Å². The molecule has 0 bridgehead atoms. The molecule has 2 rings (SSSR count). The van der Waals surface area contributed by atoms with E-state index in [1.807, 2.05) is 19.9 Å². The normalized spacial score (nSPS) is 11.0. The lowest BCUT2D eigenvalue weighted by Crippen LogP contribution is -2.62. The van der Waals surface area contributed by atoms with Crippen molar-refractivity contribution in [2.75, 3.05) is 18.6 Å². The molecule has 1 aromatic carbocycles. The number of halogens is 1. The highest BCUT2D eigenvalue weighted by Gasteiger charge is 2.23. The van der Waals surface area contributed by atoms with E-state index in [1.54, 1.807) is 12.1 Å². The summed E-state index contributed by atoms with van der Waals surface area (Å²) in [7, 11) is -2.45. The lowest BCUT2D eigenvalue weighted by atomic mass is 10.2. The molecule has 1 N–H and O–H groups in total. The molecule has 25 heavy (non-hydrogen) atoms. The SMILES string of the molecule is CCN(C(=O)NC)[n+]1ccc(S(=O)(=O)Oc2cc(C)cc(Br)c2)cc1. The minimum Gasteiger partial charge on any atom is -0.379 e. The van der Waals surface area contributed by atoms with Crippen molar-refractivity contribution in [3.63, 3.8) is 0 Å². The van der Waals surface area contributed by atoms with Crippen LogP contribution in [-0.2, 0) is 10.1 Å². The number of carbonyl (C=O) groups excluding carboxylic acids is 1. The smallest absolute Gasteiger partial charge is 0.370 e. The van der Waals surface area contributed by atoms with E-state index in [2.05, 4.69) is 21.2 Å². The number of nitrogens with zero attached hydrogens (tertiary/aromatic N) is 2. The van der Waals surface area contributed by atoms with Crippen LogP contribution >= 0.6 is 15.9 Å². The van der Waals surface area contributed by atoms with Gasteiger partial charge in [-0.15, -0.1) is 0 Å². The van der Waals surface area contributed by atoms with Crippen LogP contribution in [0.4, 0.5) is 4.79 Å². The van der Waals surface area contributed by atoms with Crippen molar-refractivity contribution in [3.05, 3.63) is 52.8 Å². The van der Waals surface area contributed by atoms with Crippen molar-refractivity contribution in [2.45, 2.75) is 18.7 Å². The Morgan fingerprint density at radius 2 is 1.92 bits per heavy atom. The molecule has 0 atom stereocenters. The predicted octanol–water partition coefficient (Wildman–Crippen LogP) is 2.11. The summed E-state index contributed by atoms with van der Waals surface area (Å²) in [6, 6.07) is 7.53. The number of aromatic nitrogens is 1. The van der Waals surface area contributed by atoms with Gasteiger partial charge >= 0.3 is 16.1 Å². The van der Waals surface area contributed by atoms with Gasteiger partial charge < -0.3 is 9.50 Å². The number of nitrogens with one attached hydrogen (secondary N) is 1. The van der Waals surface area contributed by atoms with Crippen molar-refractivity contribution >= 4 is 32.1 Å². The third-order valence-corrected chi connectivity index (χ3v) is 5.04. The topological polar surface area (TPSA) is 79.6 Å². The molecule has 0 aliphatic rings. The summed E-state index contributed by atoms with van der Waals surface area (Å²) in [6.45, 7) is 4.07. The lowest BCUT2D eigenvalue weighted by Gasteiger charge is -2.13. The summed E-state index contributed by atoms with van der Waals surface area (Å²) in [5.74, 6) is 0.226. The highest BCUT2D eigenvalue weighted by Crippen LogP contribution is 2.24. The summed E-state index contributed by atoms with van der Waals surface area (Å²) in [5.41, 5.74) is 0.870. The summed E-state index contributed by atoms with van der Waals surface area (Å²) < 4.78 is 32.3. The van der Waals surface area contributed by atoms with Crippen molar-refractivity contribution < 1.29 is 22.1 Å². The number of hydrogen-bond donors (Lipinski definition) is 1. The Labute approximate surface area is 155 Å². The number of urea groups is 1. The molecule has 2 amide bonds. The van der Waals surface area contributed by atoms with Crippen LogP contribution in [0.3, 0.4) is 0 Å². The Morgan fingerprint density at radius 1 is 1.28 bits per heavy atom. The molecule has 7 nitrogen and oxygen atoms in total. The van der Waals surface area contributed by atoms with Crippen LogP contribution in [0.5, 0.6) is 5.75 Å². The van der Waals surface area contributed by atoms with Gasteiger partial charge in [-0.25, -0.2) is 4.79 Å². The fraction of sp³-hybridized carbons (Fsp3) is 0.250. The van der Waals surface area contributed by atoms with Crippen molar-refractivity contribution in [1.82, 2.24) is 5.32 Å². The van der Waals surface area contributed by atoms with E-state index < -0.39 is 10.1 Å². The number of pyridine rings is 1. The predicted molar refractivity (Wildman–Crippen MR) is 96.5 cm³/mol. The number of amides is 2. The number of aryl methyl sites for hydroxylation is 1. The second-order valence-electron chi connectivity index (χ2n) is 5.19. The molecule has 9 heteroatoms. The zero-order valence-electron chi connectivity index (χ0n) is 14.1. The molecule has 0 saturated heterocycles. The maximum Gasteiger partial charge on any atom is 0.370 e. The first-order valence-electron chi connectivity index (χ1n) is 7.49. The van der Waals surface area contributed by atoms with E-state index in [9.17, 15) is 13.2 Å². The first-order valence-corrected chi connectivity index (χ1v) is 9.69. The molecule has 134 valence electrons. The van der Waals surface area contributed by atoms with Crippen LogP contribution in [0.2, 0.25) is 0 Å². The third-order valence-electron chi connectivity index (χ3n) is 3.32. The highest BCUT2D eigenvalue weighted by molar-refractivity contribution is 9.10. The number of hydrogen-bond acceptors (Lipinski definition) is 4. The van der Waals surface area contributed by atoms with E-state index in [-0.39, 0.29) is 16.7 Å². The zero-order valence-corrected chi connectivity index (χ0v) is 16.5. The molecule has 2 aromatic rings. The van der Waals surface area contributed by atoms with Gasteiger partial charge in [-0.3, -0.25) is 0 Å². The summed E-state index contributed by atoms with van der Waals surface area (Å²) in [4.78, 5) is 11.8. The van der Waals surface area contributed by atoms with Gasteiger partial charge in [0.15, 0.2) is 0 Å². The fourth-order valence-electron chi connectivity index (χ4n) is 2.20. The Hall–Kier alpha value is -2.13. The van der Waals surface area contributed by atoms with Gasteiger partial charge in [0.2, 0.25) is 12.4 Å². The summed E-state index contributed by atoms with van der Waals surface area (Å²) >= 11 is 3.31. The maximum absolute atomic E-state index is 12.4. The fourth-order valence-corrected chi connectivity index (χ4v) is 3.69. The van der Waals surface area contributed by atoms with Crippen molar-refractivity contribution in [2.24, 2.45) is 0 Å². The van der Waals surface area contributed by atoms with Crippen molar-refractivity contribution in [1.29, 1.82) is 0 Å². The zero-order chi connectivity index (χ0) is 18.6. The van der Waals surface area contributed by atoms with Gasteiger partial charge in [0.05, 0.1) is 6.54 Å². The van der Waals surface area contributed by atoms with E-state index >= 15 is 0 Å². The van der Waals surface area contributed by atoms with Crippen LogP contribution in [0.15, 0.2) is 52.1 Å². The van der Waals surface area contributed by atoms with Crippen LogP contribution in [-0.4, -0.2) is 28.0 Å². The van der Waals surface area contributed by atoms with Crippen LogP contribution in [0.1, 0.15) is 12.5 Å². The molecule has 1 heterocycles. The maximum atomic E-state index is 12.4. The number of benzene rings is 1. The molecule has 0 unspecified atom stereocenters. The first kappa shape index (κ1) is 19.2. The molecule has 0 aliphatic carbocycles. The van der Waals surface area contributed by atoms with E-state index in [0.29, 0.717) is 6.54 Å². The standard InChI is InChI=1S/C16H18BrN3O4S/c1-4-20(16(21)18-3)19-7-5-15(6-8-19)25(22,23)24-14-10-12(2)9-13(17)11-14/h5-11H,4H2,1-3H3/p+1. The minimum atomic E-state index is -3.98. The molecular weight excluding hydrogens is 410 g/mol. The minimum absolute atomic E-state index is 0.00524. The van der Waals surface area contributed by atoms with Gasteiger partial charge in [0.25, 0.3) is 0 Å². The largest absolute Gasteiger partial charge is 0.379 e. The average Bonchev–Trinajstić information content (AvgIpc) is 2.54. The molecule has 0 fully saturated rings. The van der Waals surface area contributed by atoms with Crippen molar-refractivity contribution in [3.8, 4) is 5.75 Å². The van der Waals surface area contributed by atoms with Gasteiger partial charge in [-0.2, -0.15) is 8.42 Å². The quantitative estimate of drug-likeness (QED) is 0.584. The average molecular weight is 429 g/mol. The highest BCUT2D eigenvalue weighted by atomic mass is 79.9. The molecular formula is C16H19BrN3O4S+. The number of rotatable bonds is 5. The van der Waals surface area contributed by atoms with Crippen LogP contribution in [0, 0.1) is 6.92 Å². The van der Waals surface area contributed by atoms with Gasteiger partial charge in [-0.05, 0) is 37.6 Å². The summed E-state index contributed by atoms with van der Waals surface area (Å²) in [5, 5.41) is 3.93. The first-order chi connectivity index (χ1) is 11.8. The molecule has 0 spiro atoms. The Balaban J connectivity index is 2.26. The summed E-state index contributed by atoms with van der Waals surface area (Å²) in [6.07, 6.45) is 2.97. The molecule has 1 aromatic heterocycles. The molecule has 0 saturated carbocycles. The van der Waals surface area contributed by atoms with Crippen LogP contribution in [0.25, 0.3) is 0 Å². The van der Waals surface area contributed by atoms with E-state index in [1.165, 1.54) is 41.3 Å². The third kappa shape index (κ3) is 4.70. The molecule has 0 aliphatic heterocycles.